The number of carbonyl (C=O) groups excluding carboxylic acids is 1. The maximum atomic E-state index is 12.6. The number of carbonyl (C=O) groups is 1. The van der Waals surface area contributed by atoms with Gasteiger partial charge in [-0.25, -0.2) is 0 Å². The van der Waals surface area contributed by atoms with E-state index in [1.54, 1.807) is 6.07 Å². The Morgan fingerprint density at radius 3 is 2.49 bits per heavy atom. The molecule has 0 unspecified atom stereocenters. The largest absolute Gasteiger partial charge is 0.494 e. The van der Waals surface area contributed by atoms with E-state index in [-0.39, 0.29) is 11.7 Å². The van der Waals surface area contributed by atoms with Crippen molar-refractivity contribution in [1.82, 2.24) is 14.8 Å². The van der Waals surface area contributed by atoms with E-state index < -0.39 is 0 Å². The highest BCUT2D eigenvalue weighted by atomic mass is 35.5. The molecule has 0 atom stereocenters. The van der Waals surface area contributed by atoms with Crippen LogP contribution >= 0.6 is 23.4 Å². The van der Waals surface area contributed by atoms with E-state index in [1.165, 1.54) is 11.8 Å². The van der Waals surface area contributed by atoms with Crippen molar-refractivity contribution >= 4 is 40.6 Å². The molecule has 0 aliphatic rings. The Balaban J connectivity index is 1.46. The standard InChI is InChI=1S/C26H26ClN5O2S/c1-3-34-22-13-11-19(12-14-22)28-16-24-30-31-26(32(24)21-7-5-4-6-8-21)35-17-25(33)29-20-10-9-18(2)23(27)15-20/h4-15,28H,3,16-17H2,1-2H3,(H,29,33). The second-order valence-corrected chi connectivity index (χ2v) is 9.03. The van der Waals surface area contributed by atoms with Crippen LogP contribution in [0.15, 0.2) is 78.0 Å². The molecule has 9 heteroatoms. The minimum atomic E-state index is -0.147. The first kappa shape index (κ1) is 24.6. The predicted molar refractivity (Wildman–Crippen MR) is 142 cm³/mol. The first-order chi connectivity index (χ1) is 17.0. The van der Waals surface area contributed by atoms with Crippen LogP contribution in [-0.2, 0) is 11.3 Å². The van der Waals surface area contributed by atoms with E-state index in [9.17, 15) is 4.79 Å². The van der Waals surface area contributed by atoms with Gasteiger partial charge in [0.1, 0.15) is 5.75 Å². The Kier molecular flexibility index (Phi) is 8.28. The van der Waals surface area contributed by atoms with Crippen LogP contribution in [0.5, 0.6) is 5.75 Å². The molecule has 0 aliphatic carbocycles. The van der Waals surface area contributed by atoms with Gasteiger partial charge in [0.15, 0.2) is 11.0 Å². The Hall–Kier alpha value is -3.49. The van der Waals surface area contributed by atoms with Crippen molar-refractivity contribution in [2.24, 2.45) is 0 Å². The number of rotatable bonds is 10. The summed E-state index contributed by atoms with van der Waals surface area (Å²) >= 11 is 7.49. The summed E-state index contributed by atoms with van der Waals surface area (Å²) < 4.78 is 7.46. The number of benzene rings is 3. The highest BCUT2D eigenvalue weighted by Crippen LogP contribution is 2.24. The highest BCUT2D eigenvalue weighted by Gasteiger charge is 2.16. The van der Waals surface area contributed by atoms with Crippen LogP contribution in [0.3, 0.4) is 0 Å². The molecule has 1 aromatic heterocycles. The lowest BCUT2D eigenvalue weighted by Crippen LogP contribution is -2.15. The normalized spacial score (nSPS) is 10.7. The zero-order valence-corrected chi connectivity index (χ0v) is 21.1. The van der Waals surface area contributed by atoms with Gasteiger partial charge in [0.05, 0.1) is 18.9 Å². The number of hydrogen-bond donors (Lipinski definition) is 2. The van der Waals surface area contributed by atoms with E-state index in [2.05, 4.69) is 20.8 Å². The molecule has 4 aromatic rings. The topological polar surface area (TPSA) is 81.1 Å². The molecule has 7 nitrogen and oxygen atoms in total. The van der Waals surface area contributed by atoms with Gasteiger partial charge < -0.3 is 15.4 Å². The number of thioether (sulfide) groups is 1. The number of halogens is 1. The SMILES string of the molecule is CCOc1ccc(NCc2nnc(SCC(=O)Nc3ccc(C)c(Cl)c3)n2-c2ccccc2)cc1. The maximum Gasteiger partial charge on any atom is 0.234 e. The molecule has 1 heterocycles. The van der Waals surface area contributed by atoms with Gasteiger partial charge >= 0.3 is 0 Å². The van der Waals surface area contributed by atoms with Gasteiger partial charge in [0, 0.05) is 22.1 Å². The third-order valence-corrected chi connectivity index (χ3v) is 6.45. The number of para-hydroxylation sites is 1. The van der Waals surface area contributed by atoms with Crippen molar-refractivity contribution in [3.05, 3.63) is 89.2 Å². The molecule has 35 heavy (non-hydrogen) atoms. The Labute approximate surface area is 213 Å². The molecule has 0 bridgehead atoms. The molecule has 4 rings (SSSR count). The zero-order valence-electron chi connectivity index (χ0n) is 19.5. The average Bonchev–Trinajstić information content (AvgIpc) is 3.28. The van der Waals surface area contributed by atoms with Crippen LogP contribution in [0.25, 0.3) is 5.69 Å². The second kappa shape index (κ2) is 11.8. The van der Waals surface area contributed by atoms with Gasteiger partial charge in [0.2, 0.25) is 5.91 Å². The summed E-state index contributed by atoms with van der Waals surface area (Å²) in [5.41, 5.74) is 3.49. The number of amides is 1. The van der Waals surface area contributed by atoms with Crippen LogP contribution in [0.2, 0.25) is 5.02 Å². The molecule has 2 N–H and O–H groups in total. The molecule has 1 amide bonds. The number of ether oxygens (including phenoxy) is 1. The fraction of sp³-hybridized carbons (Fsp3) is 0.192. The zero-order chi connectivity index (χ0) is 24.6. The third-order valence-electron chi connectivity index (χ3n) is 5.12. The van der Waals surface area contributed by atoms with E-state index in [1.807, 2.05) is 85.1 Å². The maximum absolute atomic E-state index is 12.6. The van der Waals surface area contributed by atoms with E-state index in [0.717, 1.165) is 28.5 Å². The van der Waals surface area contributed by atoms with E-state index >= 15 is 0 Å². The van der Waals surface area contributed by atoms with Crippen LogP contribution in [0.1, 0.15) is 18.3 Å². The van der Waals surface area contributed by atoms with Crippen LogP contribution in [-0.4, -0.2) is 33.0 Å². The molecule has 0 aliphatic heterocycles. The molecule has 0 spiro atoms. The molecule has 180 valence electrons. The number of aromatic nitrogens is 3. The lowest BCUT2D eigenvalue weighted by Gasteiger charge is -2.12. The van der Waals surface area contributed by atoms with Crippen molar-refractivity contribution in [3.8, 4) is 11.4 Å². The Bertz CT molecular complexity index is 1280. The summed E-state index contributed by atoms with van der Waals surface area (Å²) in [4.78, 5) is 12.6. The summed E-state index contributed by atoms with van der Waals surface area (Å²) in [7, 11) is 0. The first-order valence-corrected chi connectivity index (χ1v) is 12.5. The van der Waals surface area contributed by atoms with E-state index in [4.69, 9.17) is 16.3 Å². The van der Waals surface area contributed by atoms with Crippen molar-refractivity contribution in [3.63, 3.8) is 0 Å². The van der Waals surface area contributed by atoms with Crippen LogP contribution < -0.4 is 15.4 Å². The second-order valence-electron chi connectivity index (χ2n) is 7.68. The fourth-order valence-electron chi connectivity index (χ4n) is 3.36. The third kappa shape index (κ3) is 6.55. The van der Waals surface area contributed by atoms with Gasteiger partial charge in [-0.05, 0) is 67.9 Å². The minimum absolute atomic E-state index is 0.147. The lowest BCUT2D eigenvalue weighted by molar-refractivity contribution is -0.113. The smallest absolute Gasteiger partial charge is 0.234 e. The summed E-state index contributed by atoms with van der Waals surface area (Å²) in [5, 5.41) is 16.3. The Morgan fingerprint density at radius 1 is 1.03 bits per heavy atom. The summed E-state index contributed by atoms with van der Waals surface area (Å²) in [6, 6.07) is 23.1. The molecule has 0 saturated heterocycles. The summed E-state index contributed by atoms with van der Waals surface area (Å²) in [6.45, 7) is 4.97. The monoisotopic (exact) mass is 507 g/mol. The number of hydrogen-bond acceptors (Lipinski definition) is 6. The number of nitrogens with zero attached hydrogens (tertiary/aromatic N) is 3. The predicted octanol–water partition coefficient (Wildman–Crippen LogP) is 5.97. The summed E-state index contributed by atoms with van der Waals surface area (Å²) in [5.74, 6) is 1.60. The molecule has 0 saturated carbocycles. The highest BCUT2D eigenvalue weighted by molar-refractivity contribution is 7.99. The average molecular weight is 508 g/mol. The first-order valence-electron chi connectivity index (χ1n) is 11.2. The quantitative estimate of drug-likeness (QED) is 0.257. The lowest BCUT2D eigenvalue weighted by atomic mass is 10.2. The fourth-order valence-corrected chi connectivity index (χ4v) is 4.31. The number of nitrogens with one attached hydrogen (secondary N) is 2. The minimum Gasteiger partial charge on any atom is -0.494 e. The molecule has 0 fully saturated rings. The van der Waals surface area contributed by atoms with Gasteiger partial charge in [0.25, 0.3) is 0 Å². The van der Waals surface area contributed by atoms with Gasteiger partial charge in [-0.3, -0.25) is 9.36 Å². The van der Waals surface area contributed by atoms with Crippen molar-refractivity contribution in [2.45, 2.75) is 25.5 Å². The Morgan fingerprint density at radius 2 is 1.77 bits per heavy atom. The van der Waals surface area contributed by atoms with Crippen molar-refractivity contribution < 1.29 is 9.53 Å². The summed E-state index contributed by atoms with van der Waals surface area (Å²) in [6.07, 6.45) is 0. The van der Waals surface area contributed by atoms with E-state index in [0.29, 0.717) is 29.0 Å². The van der Waals surface area contributed by atoms with Gasteiger partial charge in [-0.15, -0.1) is 10.2 Å². The molecule has 0 radical (unpaired) electrons. The van der Waals surface area contributed by atoms with Gasteiger partial charge in [-0.2, -0.15) is 0 Å². The van der Waals surface area contributed by atoms with Crippen molar-refractivity contribution in [1.29, 1.82) is 0 Å². The van der Waals surface area contributed by atoms with Gasteiger partial charge in [-0.1, -0.05) is 47.6 Å². The molecular formula is C26H26ClN5O2S. The molecule has 3 aromatic carbocycles. The molecular weight excluding hydrogens is 482 g/mol. The van der Waals surface area contributed by atoms with Crippen LogP contribution in [0, 0.1) is 6.92 Å². The number of anilines is 2. The number of aryl methyl sites for hydroxylation is 1. The van der Waals surface area contributed by atoms with Crippen molar-refractivity contribution in [2.75, 3.05) is 23.0 Å². The van der Waals surface area contributed by atoms with Crippen LogP contribution in [0.4, 0.5) is 11.4 Å².